The van der Waals surface area contributed by atoms with Crippen molar-refractivity contribution in [3.8, 4) is 6.01 Å². The monoisotopic (exact) mass is 548 g/mol. The molecule has 0 aliphatic carbocycles. The van der Waals surface area contributed by atoms with Gasteiger partial charge in [0.2, 0.25) is 0 Å². The molecular weight excluding hydrogens is 504 g/mol. The summed E-state index contributed by atoms with van der Waals surface area (Å²) >= 11 is 7.26. The maximum Gasteiger partial charge on any atom is 0.316 e. The van der Waals surface area contributed by atoms with Gasteiger partial charge in [0.25, 0.3) is 0 Å². The fourth-order valence-electron chi connectivity index (χ4n) is 4.38. The highest BCUT2D eigenvalue weighted by Crippen LogP contribution is 2.35. The summed E-state index contributed by atoms with van der Waals surface area (Å²) in [7, 11) is 3.73. The van der Waals surface area contributed by atoms with E-state index >= 15 is 0 Å². The Balaban J connectivity index is 0.000000534. The zero-order valence-corrected chi connectivity index (χ0v) is 24.1. The van der Waals surface area contributed by atoms with Crippen molar-refractivity contribution in [3.63, 3.8) is 0 Å². The highest BCUT2D eigenvalue weighted by atomic mass is 35.5. The second kappa shape index (κ2) is 17.4. The van der Waals surface area contributed by atoms with E-state index < -0.39 is 0 Å². The Kier molecular flexibility index (Phi) is 15.5. The highest BCUT2D eigenvalue weighted by Gasteiger charge is 2.24. The lowest BCUT2D eigenvalue weighted by atomic mass is 10.0. The van der Waals surface area contributed by atoms with Crippen molar-refractivity contribution in [3.05, 3.63) is 58.4 Å². The second-order valence-corrected chi connectivity index (χ2v) is 9.11. The number of benzene rings is 2. The Morgan fingerprint density at radius 2 is 1.65 bits per heavy atom. The van der Waals surface area contributed by atoms with Crippen LogP contribution in [0, 0.1) is 0 Å². The lowest BCUT2D eigenvalue weighted by Crippen LogP contribution is -2.32. The summed E-state index contributed by atoms with van der Waals surface area (Å²) in [6, 6.07) is 12.5. The van der Waals surface area contributed by atoms with Crippen LogP contribution in [0.15, 0.2) is 36.4 Å². The van der Waals surface area contributed by atoms with E-state index in [4.69, 9.17) is 16.3 Å². The lowest BCUT2D eigenvalue weighted by molar-refractivity contribution is 0.375. The first-order valence-corrected chi connectivity index (χ1v) is 14.2. The fraction of sp³-hybridized carbons (Fsp3) is 0.517. The Morgan fingerprint density at radius 1 is 1.00 bits per heavy atom. The number of nitrogens with zero attached hydrogens (tertiary/aromatic N) is 4. The van der Waals surface area contributed by atoms with Crippen LogP contribution in [0.1, 0.15) is 64.9 Å². The van der Waals surface area contributed by atoms with Crippen LogP contribution in [0.3, 0.4) is 0 Å². The summed E-state index contributed by atoms with van der Waals surface area (Å²) in [5, 5.41) is 2.94. The maximum absolute atomic E-state index is 9.25. The van der Waals surface area contributed by atoms with Crippen molar-refractivity contribution in [1.29, 1.82) is 0 Å². The number of rotatable bonds is 4. The average molecular weight is 549 g/mol. The first kappa shape index (κ1) is 33.0. The third kappa shape index (κ3) is 8.74. The molecule has 1 aromatic heterocycles. The summed E-state index contributed by atoms with van der Waals surface area (Å²) < 4.78 is 14.5. The molecule has 0 spiro atoms. The Labute approximate surface area is 233 Å². The molecule has 206 valence electrons. The van der Waals surface area contributed by atoms with Gasteiger partial charge >= 0.3 is 6.01 Å². The van der Waals surface area contributed by atoms with Gasteiger partial charge in [-0.3, -0.25) is 0 Å². The molecule has 0 bridgehead atoms. The quantitative estimate of drug-likeness (QED) is 0.332. The molecular formula is C29H45ClN4O2S. The number of halogens is 1. The summed E-state index contributed by atoms with van der Waals surface area (Å²) in [4.78, 5) is 13.6. The van der Waals surface area contributed by atoms with E-state index in [9.17, 15) is 4.55 Å². The summed E-state index contributed by atoms with van der Waals surface area (Å²) in [5.41, 5.74) is 4.00. The van der Waals surface area contributed by atoms with Crippen LogP contribution in [0.4, 0.5) is 5.69 Å². The number of hydrogen-bond acceptors (Lipinski definition) is 7. The van der Waals surface area contributed by atoms with E-state index in [2.05, 4.69) is 51.1 Å². The minimum absolute atomic E-state index is 0. The molecule has 1 saturated heterocycles. The molecule has 3 heterocycles. The lowest BCUT2D eigenvalue weighted by Gasteiger charge is -2.32. The van der Waals surface area contributed by atoms with Gasteiger partial charge in [0.05, 0.1) is 35.8 Å². The normalized spacial score (nSPS) is 14.1. The zero-order chi connectivity index (χ0) is 26.5. The van der Waals surface area contributed by atoms with Crippen LogP contribution >= 0.6 is 23.6 Å². The van der Waals surface area contributed by atoms with Gasteiger partial charge in [-0.05, 0) is 69.0 Å². The van der Waals surface area contributed by atoms with Crippen LogP contribution in [0.5, 0.6) is 6.01 Å². The van der Waals surface area contributed by atoms with E-state index in [1.807, 2.05) is 39.8 Å². The molecule has 5 rings (SSSR count). The highest BCUT2D eigenvalue weighted by molar-refractivity contribution is 7.92. The average Bonchev–Trinajstić information content (AvgIpc) is 3.41. The van der Waals surface area contributed by atoms with Crippen molar-refractivity contribution in [2.75, 3.05) is 38.7 Å². The number of anilines is 1. The fourth-order valence-corrected chi connectivity index (χ4v) is 5.02. The minimum atomic E-state index is 0. The first-order chi connectivity index (χ1) is 17.6. The standard InChI is InChI=1S/C19H18ClN3O2S.C5H11N.2C2H6.CH4/c1-25-19-21-15-10-23(9-8-13(15)16(22-19)11-26-24)17-7-3-5-12-4-2-6-14(20)18(12)17;1-6-4-2-3-5-6;2*1-2;/h2-7,24H,8-11H2,1H3;2-5H2,1H3;2*1-2H3;1H4. The number of fused-ring (bicyclic) bond motifs is 2. The van der Waals surface area contributed by atoms with Gasteiger partial charge in [-0.1, -0.05) is 71.0 Å². The molecule has 0 atom stereocenters. The molecule has 2 aliphatic rings. The topological polar surface area (TPSA) is 61.7 Å². The van der Waals surface area contributed by atoms with Gasteiger partial charge in [-0.15, -0.1) is 0 Å². The van der Waals surface area contributed by atoms with Crippen molar-refractivity contribution in [1.82, 2.24) is 14.9 Å². The molecule has 2 aliphatic heterocycles. The Morgan fingerprint density at radius 3 is 2.22 bits per heavy atom. The molecule has 2 aromatic carbocycles. The third-order valence-electron chi connectivity index (χ3n) is 6.02. The third-order valence-corrected chi connectivity index (χ3v) is 6.73. The van der Waals surface area contributed by atoms with Gasteiger partial charge < -0.3 is 19.1 Å². The van der Waals surface area contributed by atoms with E-state index in [0.29, 0.717) is 18.3 Å². The number of ether oxygens (including phenoxy) is 1. The first-order valence-electron chi connectivity index (χ1n) is 12.9. The summed E-state index contributed by atoms with van der Waals surface area (Å²) in [6.45, 7) is 12.1. The molecule has 0 radical (unpaired) electrons. The molecule has 37 heavy (non-hydrogen) atoms. The predicted molar refractivity (Wildman–Crippen MR) is 162 cm³/mol. The van der Waals surface area contributed by atoms with Crippen LogP contribution in [-0.4, -0.2) is 53.2 Å². The van der Waals surface area contributed by atoms with Crippen molar-refractivity contribution in [2.45, 2.75) is 66.7 Å². The van der Waals surface area contributed by atoms with Crippen molar-refractivity contribution >= 4 is 40.1 Å². The smallest absolute Gasteiger partial charge is 0.316 e. The van der Waals surface area contributed by atoms with Gasteiger partial charge in [-0.25, -0.2) is 0 Å². The van der Waals surface area contributed by atoms with E-state index in [0.717, 1.165) is 63.4 Å². The zero-order valence-electron chi connectivity index (χ0n) is 22.6. The number of methoxy groups -OCH3 is 1. The number of likely N-dealkylation sites (tertiary alicyclic amines) is 1. The molecule has 8 heteroatoms. The van der Waals surface area contributed by atoms with Crippen molar-refractivity contribution in [2.24, 2.45) is 0 Å². The minimum Gasteiger partial charge on any atom is -0.467 e. The molecule has 6 nitrogen and oxygen atoms in total. The molecule has 0 amide bonds. The molecule has 1 fully saturated rings. The van der Waals surface area contributed by atoms with Crippen LogP contribution in [-0.2, 0) is 18.7 Å². The van der Waals surface area contributed by atoms with Gasteiger partial charge in [0, 0.05) is 23.2 Å². The van der Waals surface area contributed by atoms with Gasteiger partial charge in [-0.2, -0.15) is 9.97 Å². The van der Waals surface area contributed by atoms with E-state index in [-0.39, 0.29) is 7.43 Å². The van der Waals surface area contributed by atoms with Crippen LogP contribution < -0.4 is 9.64 Å². The van der Waals surface area contributed by atoms with Crippen LogP contribution in [0.25, 0.3) is 10.8 Å². The van der Waals surface area contributed by atoms with E-state index in [1.54, 1.807) is 7.11 Å². The largest absolute Gasteiger partial charge is 0.467 e. The van der Waals surface area contributed by atoms with Crippen LogP contribution in [0.2, 0.25) is 5.02 Å². The van der Waals surface area contributed by atoms with E-state index in [1.165, 1.54) is 25.9 Å². The maximum atomic E-state index is 9.25. The Bertz CT molecular complexity index is 1070. The Hall–Kier alpha value is -2.06. The SMILES string of the molecule is C.CC.CC.CN1CCCC1.COc1nc(CSO)c2c(n1)CN(c1cccc3cccc(Cl)c13)CC2. The van der Waals surface area contributed by atoms with Gasteiger partial charge in [0.1, 0.15) is 0 Å². The van der Waals surface area contributed by atoms with Gasteiger partial charge in [0.15, 0.2) is 0 Å². The number of aromatic nitrogens is 2. The summed E-state index contributed by atoms with van der Waals surface area (Å²) in [6.07, 6.45) is 3.64. The number of hydrogen-bond donors (Lipinski definition) is 1. The van der Waals surface area contributed by atoms with Crippen molar-refractivity contribution < 1.29 is 9.29 Å². The molecule has 1 N–H and O–H groups in total. The molecule has 3 aromatic rings. The predicted octanol–water partition coefficient (Wildman–Crippen LogP) is 7.96. The molecule has 0 saturated carbocycles. The summed E-state index contributed by atoms with van der Waals surface area (Å²) in [5.74, 6) is 0.432. The molecule has 0 unspecified atom stereocenters. The second-order valence-electron chi connectivity index (χ2n) is 8.15.